The van der Waals surface area contributed by atoms with E-state index in [-0.39, 0.29) is 5.82 Å². The number of piperazine rings is 1. The highest BCUT2D eigenvalue weighted by Crippen LogP contribution is 2.23. The molecule has 0 atom stereocenters. The minimum Gasteiger partial charge on any atom is -0.353 e. The van der Waals surface area contributed by atoms with Gasteiger partial charge in [0, 0.05) is 56.1 Å². The van der Waals surface area contributed by atoms with Gasteiger partial charge in [-0.05, 0) is 12.1 Å². The third kappa shape index (κ3) is 2.90. The summed E-state index contributed by atoms with van der Waals surface area (Å²) in [6.45, 7) is 4.02. The molecule has 0 aromatic carbocycles. The third-order valence-electron chi connectivity index (χ3n) is 4.34. The topological polar surface area (TPSA) is 58.0 Å². The Morgan fingerprint density at radius 1 is 0.958 bits per heavy atom. The van der Waals surface area contributed by atoms with Gasteiger partial charge >= 0.3 is 0 Å². The Kier molecular flexibility index (Phi) is 4.00. The SMILES string of the molecule is Fc1cnccc1CN1CCN(c2ncnc3cnccc23)CC1. The van der Waals surface area contributed by atoms with Crippen LogP contribution < -0.4 is 4.90 Å². The molecule has 3 aromatic rings. The highest BCUT2D eigenvalue weighted by Gasteiger charge is 2.20. The van der Waals surface area contributed by atoms with Gasteiger partial charge in [-0.1, -0.05) is 0 Å². The second kappa shape index (κ2) is 6.45. The van der Waals surface area contributed by atoms with Crippen molar-refractivity contribution in [2.75, 3.05) is 31.1 Å². The molecule has 1 aliphatic heterocycles. The maximum absolute atomic E-state index is 13.7. The molecule has 7 heteroatoms. The summed E-state index contributed by atoms with van der Waals surface area (Å²) in [6.07, 6.45) is 8.00. The van der Waals surface area contributed by atoms with Crippen LogP contribution in [-0.4, -0.2) is 51.0 Å². The first-order valence-corrected chi connectivity index (χ1v) is 7.92. The van der Waals surface area contributed by atoms with E-state index in [0.29, 0.717) is 12.1 Å². The van der Waals surface area contributed by atoms with E-state index in [1.54, 1.807) is 31.0 Å². The molecule has 1 saturated heterocycles. The van der Waals surface area contributed by atoms with E-state index in [2.05, 4.69) is 29.7 Å². The fourth-order valence-electron chi connectivity index (χ4n) is 3.04. The van der Waals surface area contributed by atoms with Crippen molar-refractivity contribution >= 4 is 16.7 Å². The van der Waals surface area contributed by atoms with Crippen LogP contribution in [0.3, 0.4) is 0 Å². The smallest absolute Gasteiger partial charge is 0.145 e. The van der Waals surface area contributed by atoms with E-state index < -0.39 is 0 Å². The zero-order valence-electron chi connectivity index (χ0n) is 13.1. The average molecular weight is 324 g/mol. The largest absolute Gasteiger partial charge is 0.353 e. The lowest BCUT2D eigenvalue weighted by Crippen LogP contribution is -2.46. The molecular formula is C17H17FN6. The molecule has 0 N–H and O–H groups in total. The van der Waals surface area contributed by atoms with Crippen LogP contribution >= 0.6 is 0 Å². The number of hydrogen-bond acceptors (Lipinski definition) is 6. The molecule has 0 spiro atoms. The first-order chi connectivity index (χ1) is 11.8. The van der Waals surface area contributed by atoms with Gasteiger partial charge in [0.05, 0.1) is 17.9 Å². The summed E-state index contributed by atoms with van der Waals surface area (Å²) in [6, 6.07) is 3.69. The zero-order valence-corrected chi connectivity index (χ0v) is 13.1. The van der Waals surface area contributed by atoms with Crippen molar-refractivity contribution in [3.8, 4) is 0 Å². The number of anilines is 1. The highest BCUT2D eigenvalue weighted by atomic mass is 19.1. The summed E-state index contributed by atoms with van der Waals surface area (Å²) in [5.74, 6) is 0.700. The van der Waals surface area contributed by atoms with Crippen molar-refractivity contribution in [3.05, 3.63) is 54.6 Å². The molecule has 4 heterocycles. The van der Waals surface area contributed by atoms with Crippen LogP contribution in [0.25, 0.3) is 10.9 Å². The molecule has 0 bridgehead atoms. The Balaban J connectivity index is 1.47. The summed E-state index contributed by atoms with van der Waals surface area (Å²) >= 11 is 0. The van der Waals surface area contributed by atoms with Crippen LogP contribution in [-0.2, 0) is 6.54 Å². The first-order valence-electron chi connectivity index (χ1n) is 7.92. The zero-order chi connectivity index (χ0) is 16.4. The normalized spacial score (nSPS) is 15.8. The van der Waals surface area contributed by atoms with E-state index >= 15 is 0 Å². The molecule has 1 fully saturated rings. The quantitative estimate of drug-likeness (QED) is 0.733. The van der Waals surface area contributed by atoms with Crippen LogP contribution in [0.2, 0.25) is 0 Å². The molecule has 24 heavy (non-hydrogen) atoms. The van der Waals surface area contributed by atoms with Crippen molar-refractivity contribution in [1.82, 2.24) is 24.8 Å². The fourth-order valence-corrected chi connectivity index (χ4v) is 3.04. The second-order valence-corrected chi connectivity index (χ2v) is 5.82. The summed E-state index contributed by atoms with van der Waals surface area (Å²) in [4.78, 5) is 21.1. The number of fused-ring (bicyclic) bond motifs is 1. The number of rotatable bonds is 3. The van der Waals surface area contributed by atoms with E-state index in [1.165, 1.54) is 6.20 Å². The minimum absolute atomic E-state index is 0.241. The highest BCUT2D eigenvalue weighted by molar-refractivity contribution is 5.88. The molecule has 0 aliphatic carbocycles. The van der Waals surface area contributed by atoms with E-state index in [1.807, 2.05) is 6.07 Å². The molecular weight excluding hydrogens is 307 g/mol. The van der Waals surface area contributed by atoms with Gasteiger partial charge in [-0.25, -0.2) is 14.4 Å². The van der Waals surface area contributed by atoms with Gasteiger partial charge < -0.3 is 4.90 Å². The van der Waals surface area contributed by atoms with Gasteiger partial charge in [-0.3, -0.25) is 14.9 Å². The van der Waals surface area contributed by atoms with Crippen molar-refractivity contribution in [2.24, 2.45) is 0 Å². The van der Waals surface area contributed by atoms with Gasteiger partial charge in [-0.2, -0.15) is 0 Å². The lowest BCUT2D eigenvalue weighted by Gasteiger charge is -2.35. The molecule has 0 saturated carbocycles. The van der Waals surface area contributed by atoms with Gasteiger partial charge in [0.25, 0.3) is 0 Å². The number of pyridine rings is 2. The summed E-state index contributed by atoms with van der Waals surface area (Å²) < 4.78 is 13.7. The van der Waals surface area contributed by atoms with Crippen molar-refractivity contribution in [3.63, 3.8) is 0 Å². The molecule has 0 radical (unpaired) electrons. The van der Waals surface area contributed by atoms with E-state index in [9.17, 15) is 4.39 Å². The first kappa shape index (κ1) is 14.9. The summed E-state index contributed by atoms with van der Waals surface area (Å²) in [7, 11) is 0. The van der Waals surface area contributed by atoms with Gasteiger partial charge in [0.2, 0.25) is 0 Å². The molecule has 6 nitrogen and oxygen atoms in total. The predicted octanol–water partition coefficient (Wildman–Crippen LogP) is 1.88. The number of nitrogens with zero attached hydrogens (tertiary/aromatic N) is 6. The number of aromatic nitrogens is 4. The molecule has 0 unspecified atom stereocenters. The molecule has 3 aromatic heterocycles. The van der Waals surface area contributed by atoms with Gasteiger partial charge in [0.15, 0.2) is 0 Å². The van der Waals surface area contributed by atoms with Crippen LogP contribution in [0, 0.1) is 5.82 Å². The summed E-state index contributed by atoms with van der Waals surface area (Å²) in [5.41, 5.74) is 1.54. The molecule has 4 rings (SSSR count). The van der Waals surface area contributed by atoms with Gasteiger partial charge in [-0.15, -0.1) is 0 Å². The van der Waals surface area contributed by atoms with Crippen LogP contribution in [0.5, 0.6) is 0 Å². The standard InChI is InChI=1S/C17H17FN6/c18-15-9-19-3-1-13(15)11-23-5-7-24(8-6-23)17-14-2-4-20-10-16(14)21-12-22-17/h1-4,9-10,12H,5-8,11H2. The minimum atomic E-state index is -0.241. The van der Waals surface area contributed by atoms with Crippen molar-refractivity contribution in [2.45, 2.75) is 6.54 Å². The maximum Gasteiger partial charge on any atom is 0.145 e. The van der Waals surface area contributed by atoms with E-state index in [4.69, 9.17) is 0 Å². The fraction of sp³-hybridized carbons (Fsp3) is 0.294. The Labute approximate surface area is 139 Å². The Morgan fingerprint density at radius 2 is 1.75 bits per heavy atom. The average Bonchev–Trinajstić information content (AvgIpc) is 2.64. The number of halogens is 1. The van der Waals surface area contributed by atoms with E-state index in [0.717, 1.165) is 42.9 Å². The van der Waals surface area contributed by atoms with Crippen LogP contribution in [0.1, 0.15) is 5.56 Å². The van der Waals surface area contributed by atoms with Crippen LogP contribution in [0.4, 0.5) is 10.2 Å². The lowest BCUT2D eigenvalue weighted by atomic mass is 10.2. The third-order valence-corrected chi connectivity index (χ3v) is 4.34. The predicted molar refractivity (Wildman–Crippen MR) is 89.0 cm³/mol. The number of hydrogen-bond donors (Lipinski definition) is 0. The van der Waals surface area contributed by atoms with Gasteiger partial charge in [0.1, 0.15) is 18.0 Å². The molecule has 0 amide bonds. The Morgan fingerprint density at radius 3 is 2.58 bits per heavy atom. The second-order valence-electron chi connectivity index (χ2n) is 5.82. The maximum atomic E-state index is 13.7. The Bertz CT molecular complexity index is 842. The molecule has 1 aliphatic rings. The summed E-state index contributed by atoms with van der Waals surface area (Å²) in [5, 5.41) is 1.01. The van der Waals surface area contributed by atoms with Crippen molar-refractivity contribution < 1.29 is 4.39 Å². The van der Waals surface area contributed by atoms with Crippen LogP contribution in [0.15, 0.2) is 43.2 Å². The Hall–Kier alpha value is -2.67. The van der Waals surface area contributed by atoms with Crippen molar-refractivity contribution in [1.29, 1.82) is 0 Å². The molecule has 122 valence electrons. The monoisotopic (exact) mass is 324 g/mol. The lowest BCUT2D eigenvalue weighted by molar-refractivity contribution is 0.246.